The highest BCUT2D eigenvalue weighted by atomic mass is 35.5. The highest BCUT2D eigenvalue weighted by Gasteiger charge is 2.55. The number of carbonyl (C=O) groups excluding carboxylic acids is 2. The van der Waals surface area contributed by atoms with Crippen molar-refractivity contribution >= 4 is 29.1 Å². The smallest absolute Gasteiger partial charge is 0.417 e. The van der Waals surface area contributed by atoms with Crippen LogP contribution in [-0.4, -0.2) is 103 Å². The Morgan fingerprint density at radius 1 is 1.10 bits per heavy atom. The maximum atomic E-state index is 14.8. The number of benzene rings is 2. The summed E-state index contributed by atoms with van der Waals surface area (Å²) in [6.07, 6.45) is -1.14. The molecule has 0 spiro atoms. The summed E-state index contributed by atoms with van der Waals surface area (Å²) in [6.45, 7) is 6.56. The number of likely N-dealkylation sites (N-methyl/N-ethyl adjacent to an activating group) is 1. The fraction of sp³-hybridized carbons (Fsp3) is 0.417. The van der Waals surface area contributed by atoms with Crippen molar-refractivity contribution in [2.24, 2.45) is 0 Å². The Hall–Kier alpha value is -4.36. The molecule has 2 aromatic carbocycles. The van der Waals surface area contributed by atoms with Gasteiger partial charge in [-0.25, -0.2) is 4.39 Å². The highest BCUT2D eigenvalue weighted by Crippen LogP contribution is 2.40. The number of halogens is 5. The number of nitrogens with zero attached hydrogens (tertiary/aromatic N) is 5. The maximum absolute atomic E-state index is 14.8. The van der Waals surface area contributed by atoms with Gasteiger partial charge in [0.25, 0.3) is 11.8 Å². The molecule has 9 nitrogen and oxygen atoms in total. The Kier molecular flexibility index (Phi) is 11.6. The van der Waals surface area contributed by atoms with Crippen LogP contribution in [0, 0.1) is 5.82 Å². The zero-order valence-electron chi connectivity index (χ0n) is 28.0. The third-order valence-corrected chi connectivity index (χ3v) is 9.30. The number of anilines is 1. The number of ether oxygens (including phenoxy) is 2. The van der Waals surface area contributed by atoms with Gasteiger partial charge in [0, 0.05) is 64.1 Å². The first-order valence-corrected chi connectivity index (χ1v) is 16.7. The van der Waals surface area contributed by atoms with Gasteiger partial charge in [-0.3, -0.25) is 14.6 Å². The summed E-state index contributed by atoms with van der Waals surface area (Å²) in [5.74, 6) is -1.48. The molecular weight excluding hydrogens is 678 g/mol. The lowest BCUT2D eigenvalue weighted by molar-refractivity contribution is -0.159. The number of alkyl halides is 3. The zero-order valence-corrected chi connectivity index (χ0v) is 28.7. The van der Waals surface area contributed by atoms with Crippen LogP contribution in [0.2, 0.25) is 5.02 Å². The summed E-state index contributed by atoms with van der Waals surface area (Å²) in [5.41, 5.74) is -2.69. The number of rotatable bonds is 11. The highest BCUT2D eigenvalue weighted by molar-refractivity contribution is 6.30. The lowest BCUT2D eigenvalue weighted by atomic mass is 9.80. The van der Waals surface area contributed by atoms with Crippen molar-refractivity contribution in [1.82, 2.24) is 19.7 Å². The minimum atomic E-state index is -4.82. The normalized spacial score (nSPS) is 19.8. The second kappa shape index (κ2) is 15.7. The number of hydrogen-bond donors (Lipinski definition) is 0. The van der Waals surface area contributed by atoms with Gasteiger partial charge >= 0.3 is 6.18 Å². The third kappa shape index (κ3) is 7.99. The first kappa shape index (κ1) is 36.9. The Morgan fingerprint density at radius 2 is 1.84 bits per heavy atom. The molecule has 0 bridgehead atoms. The predicted molar refractivity (Wildman–Crippen MR) is 182 cm³/mol. The van der Waals surface area contributed by atoms with E-state index in [4.69, 9.17) is 21.1 Å². The molecule has 2 amide bonds. The number of pyridine rings is 1. The van der Waals surface area contributed by atoms with Gasteiger partial charge in [-0.05, 0) is 57.3 Å². The summed E-state index contributed by atoms with van der Waals surface area (Å²) < 4.78 is 69.2. The number of hydrogen-bond acceptors (Lipinski definition) is 7. The van der Waals surface area contributed by atoms with E-state index < -0.39 is 46.6 Å². The molecule has 3 heterocycles. The number of aromatic nitrogens is 1. The van der Waals surface area contributed by atoms with E-state index in [9.17, 15) is 27.2 Å². The van der Waals surface area contributed by atoms with Crippen molar-refractivity contribution in [3.63, 3.8) is 0 Å². The van der Waals surface area contributed by atoms with Gasteiger partial charge in [-0.1, -0.05) is 29.8 Å². The summed E-state index contributed by atoms with van der Waals surface area (Å²) in [5, 5.41) is -0.154. The molecule has 5 rings (SSSR count). The molecule has 0 saturated carbocycles. The molecule has 2 saturated heterocycles. The summed E-state index contributed by atoms with van der Waals surface area (Å²) in [6, 6.07) is 11.1. The van der Waals surface area contributed by atoms with Crippen LogP contribution in [0.5, 0.6) is 11.5 Å². The van der Waals surface area contributed by atoms with E-state index in [1.807, 2.05) is 43.3 Å². The molecule has 0 radical (unpaired) electrons. The largest absolute Gasteiger partial charge is 0.490 e. The fourth-order valence-corrected chi connectivity index (χ4v) is 6.65. The van der Waals surface area contributed by atoms with Crippen LogP contribution < -0.4 is 14.4 Å². The van der Waals surface area contributed by atoms with Gasteiger partial charge in [0.15, 0.2) is 0 Å². The second-order valence-electron chi connectivity index (χ2n) is 12.5. The van der Waals surface area contributed by atoms with Gasteiger partial charge in [0.05, 0.1) is 27.9 Å². The van der Waals surface area contributed by atoms with Gasteiger partial charge in [0.1, 0.15) is 23.9 Å². The topological polar surface area (TPSA) is 78.5 Å². The van der Waals surface area contributed by atoms with E-state index >= 15 is 0 Å². The molecule has 1 aromatic heterocycles. The molecule has 14 heteroatoms. The second-order valence-corrected chi connectivity index (χ2v) is 12.9. The van der Waals surface area contributed by atoms with Gasteiger partial charge in [-0.15, -0.1) is 6.58 Å². The lowest BCUT2D eigenvalue weighted by Crippen LogP contribution is -2.69. The molecule has 2 unspecified atom stereocenters. The van der Waals surface area contributed by atoms with Crippen molar-refractivity contribution in [3.05, 3.63) is 95.5 Å². The predicted octanol–water partition coefficient (Wildman–Crippen LogP) is 6.18. The van der Waals surface area contributed by atoms with E-state index in [0.29, 0.717) is 19.7 Å². The van der Waals surface area contributed by atoms with E-state index in [2.05, 4.69) is 16.5 Å². The van der Waals surface area contributed by atoms with Gasteiger partial charge < -0.3 is 29.1 Å². The number of piperidine rings is 1. The third-order valence-electron chi connectivity index (χ3n) is 8.99. The Bertz CT molecular complexity index is 1680. The standard InChI is InChI=1S/C36H40ClF4N5O4/c1-4-8-32-35(50-25-11-12-28(37)29(38)23-25,14-7-16-46(32)33(47)26-24-42-15-13-27(26)36(39,40)41)34(48)45-19-17-44(18-20-45)30-9-5-6-10-31(30)49-22-21-43(2)3/h4-6,9-13,15,23-24,32H,1,7-8,14,16-22H2,2-3H3. The average molecular weight is 718 g/mol. The van der Waals surface area contributed by atoms with Gasteiger partial charge in [0.2, 0.25) is 5.60 Å². The van der Waals surface area contributed by atoms with Crippen LogP contribution >= 0.6 is 11.6 Å². The Morgan fingerprint density at radius 3 is 2.52 bits per heavy atom. The molecule has 0 aliphatic carbocycles. The lowest BCUT2D eigenvalue weighted by Gasteiger charge is -2.50. The van der Waals surface area contributed by atoms with E-state index in [1.165, 1.54) is 23.1 Å². The molecule has 2 fully saturated rings. The number of amides is 2. The fourth-order valence-electron chi connectivity index (χ4n) is 6.53. The quantitative estimate of drug-likeness (QED) is 0.173. The molecule has 2 aliphatic rings. The summed E-state index contributed by atoms with van der Waals surface area (Å²) in [7, 11) is 3.93. The maximum Gasteiger partial charge on any atom is 0.417 e. The van der Waals surface area contributed by atoms with Crippen molar-refractivity contribution < 1.29 is 36.6 Å². The first-order chi connectivity index (χ1) is 23.9. The molecule has 268 valence electrons. The summed E-state index contributed by atoms with van der Waals surface area (Å²) in [4.78, 5) is 39.6. The molecule has 2 atom stereocenters. The first-order valence-electron chi connectivity index (χ1n) is 16.3. The Balaban J connectivity index is 1.47. The van der Waals surface area contributed by atoms with Crippen LogP contribution in [0.25, 0.3) is 0 Å². The molecule has 3 aromatic rings. The van der Waals surface area contributed by atoms with Gasteiger partial charge in [-0.2, -0.15) is 13.2 Å². The van der Waals surface area contributed by atoms with Crippen LogP contribution in [0.1, 0.15) is 35.2 Å². The molecular formula is C36H40ClF4N5O4. The molecule has 2 aliphatic heterocycles. The van der Waals surface area contributed by atoms with E-state index in [-0.39, 0.29) is 49.7 Å². The Labute approximate surface area is 294 Å². The average Bonchev–Trinajstić information content (AvgIpc) is 3.10. The van der Waals surface area contributed by atoms with Crippen molar-refractivity contribution in [2.45, 2.75) is 37.1 Å². The zero-order chi connectivity index (χ0) is 36.1. The molecule has 0 N–H and O–H groups in total. The van der Waals surface area contributed by atoms with Crippen molar-refractivity contribution in [1.29, 1.82) is 0 Å². The number of likely N-dealkylation sites (tertiary alicyclic amines) is 1. The van der Waals surface area contributed by atoms with Crippen LogP contribution in [0.15, 0.2) is 73.6 Å². The SMILES string of the molecule is C=CCC1N(C(=O)c2cnccc2C(F)(F)F)CCCC1(Oc1ccc(Cl)c(F)c1)C(=O)N1CCN(c2ccccc2OCCN(C)C)CC1. The monoisotopic (exact) mass is 717 g/mol. The van der Waals surface area contributed by atoms with E-state index in [0.717, 1.165) is 42.5 Å². The van der Waals surface area contributed by atoms with Crippen molar-refractivity contribution in [3.8, 4) is 11.5 Å². The minimum absolute atomic E-state index is 0.00674. The van der Waals surface area contributed by atoms with Crippen molar-refractivity contribution in [2.75, 3.05) is 64.9 Å². The minimum Gasteiger partial charge on any atom is -0.490 e. The van der Waals surface area contributed by atoms with Crippen LogP contribution in [-0.2, 0) is 11.0 Å². The number of piperazine rings is 1. The summed E-state index contributed by atoms with van der Waals surface area (Å²) >= 11 is 5.94. The molecule has 50 heavy (non-hydrogen) atoms. The number of carbonyl (C=O) groups is 2. The van der Waals surface area contributed by atoms with E-state index in [1.54, 1.807) is 4.90 Å². The van der Waals surface area contributed by atoms with Crippen LogP contribution in [0.4, 0.5) is 23.2 Å². The number of para-hydroxylation sites is 2. The van der Waals surface area contributed by atoms with Crippen LogP contribution in [0.3, 0.4) is 0 Å².